The second-order valence-electron chi connectivity index (χ2n) is 4.60. The molecule has 0 saturated heterocycles. The molecule has 0 amide bonds. The van der Waals surface area contributed by atoms with E-state index in [1.165, 1.54) is 6.07 Å². The first kappa shape index (κ1) is 13.1. The zero-order valence-electron chi connectivity index (χ0n) is 11.2. The Morgan fingerprint density at radius 3 is 2.71 bits per heavy atom. The number of aromatic carboxylic acids is 1. The molecule has 0 aliphatic rings. The Morgan fingerprint density at radius 1 is 1.10 bits per heavy atom. The van der Waals surface area contributed by atoms with Crippen LogP contribution in [0.2, 0.25) is 0 Å². The molecule has 0 aliphatic heterocycles. The number of hydrogen-bond donors (Lipinski definition) is 2. The van der Waals surface area contributed by atoms with Crippen molar-refractivity contribution in [2.24, 2.45) is 0 Å². The van der Waals surface area contributed by atoms with Crippen LogP contribution in [0.4, 0.5) is 5.82 Å². The molecular weight excluding hydrogens is 266 g/mol. The predicted molar refractivity (Wildman–Crippen MR) is 80.3 cm³/mol. The van der Waals surface area contributed by atoms with Gasteiger partial charge in [-0.2, -0.15) is 0 Å². The van der Waals surface area contributed by atoms with E-state index in [0.717, 1.165) is 22.3 Å². The SMILES string of the molecule is O=C(O)c1ccc(CNc2ccc3ccccc3n2)cn1. The van der Waals surface area contributed by atoms with Gasteiger partial charge in [0.05, 0.1) is 5.52 Å². The highest BCUT2D eigenvalue weighted by atomic mass is 16.4. The number of nitrogens with zero attached hydrogens (tertiary/aromatic N) is 2. The molecule has 104 valence electrons. The van der Waals surface area contributed by atoms with Crippen molar-refractivity contribution < 1.29 is 9.90 Å². The summed E-state index contributed by atoms with van der Waals surface area (Å²) in [5.74, 6) is -0.248. The van der Waals surface area contributed by atoms with Gasteiger partial charge in [-0.3, -0.25) is 0 Å². The molecule has 1 aromatic carbocycles. The molecule has 5 nitrogen and oxygen atoms in total. The van der Waals surface area contributed by atoms with Crippen LogP contribution in [0.1, 0.15) is 16.1 Å². The number of carboxylic acids is 1. The number of para-hydroxylation sites is 1. The molecule has 0 saturated carbocycles. The number of carboxylic acid groups (broad SMARTS) is 1. The molecule has 0 atom stereocenters. The highest BCUT2D eigenvalue weighted by Gasteiger charge is 2.03. The molecule has 0 unspecified atom stereocenters. The van der Waals surface area contributed by atoms with E-state index < -0.39 is 5.97 Å². The summed E-state index contributed by atoms with van der Waals surface area (Å²) in [6.07, 6.45) is 1.55. The van der Waals surface area contributed by atoms with Crippen LogP contribution in [0.15, 0.2) is 54.7 Å². The molecule has 2 aromatic heterocycles. The number of nitrogens with one attached hydrogen (secondary N) is 1. The second-order valence-corrected chi connectivity index (χ2v) is 4.60. The van der Waals surface area contributed by atoms with Crippen molar-refractivity contribution in [3.63, 3.8) is 0 Å². The third-order valence-electron chi connectivity index (χ3n) is 3.12. The number of benzene rings is 1. The fourth-order valence-electron chi connectivity index (χ4n) is 2.01. The van der Waals surface area contributed by atoms with Gasteiger partial charge in [-0.05, 0) is 29.8 Å². The lowest BCUT2D eigenvalue weighted by Gasteiger charge is -2.07. The zero-order valence-corrected chi connectivity index (χ0v) is 11.2. The van der Waals surface area contributed by atoms with E-state index in [2.05, 4.69) is 15.3 Å². The summed E-state index contributed by atoms with van der Waals surface area (Å²) in [5, 5.41) is 13.1. The first-order chi connectivity index (χ1) is 10.2. The van der Waals surface area contributed by atoms with Crippen LogP contribution in [-0.4, -0.2) is 21.0 Å². The quantitative estimate of drug-likeness (QED) is 0.768. The summed E-state index contributed by atoms with van der Waals surface area (Å²) in [7, 11) is 0. The molecule has 3 rings (SSSR count). The van der Waals surface area contributed by atoms with Gasteiger partial charge in [0.25, 0.3) is 0 Å². The summed E-state index contributed by atoms with van der Waals surface area (Å²) in [4.78, 5) is 19.1. The van der Waals surface area contributed by atoms with Crippen LogP contribution in [0.3, 0.4) is 0 Å². The molecule has 0 fully saturated rings. The molecule has 0 radical (unpaired) electrons. The average Bonchev–Trinajstić information content (AvgIpc) is 2.53. The normalized spacial score (nSPS) is 10.5. The molecule has 21 heavy (non-hydrogen) atoms. The smallest absolute Gasteiger partial charge is 0.354 e. The molecule has 0 aliphatic carbocycles. The van der Waals surface area contributed by atoms with Crippen LogP contribution >= 0.6 is 0 Å². The van der Waals surface area contributed by atoms with Crippen LogP contribution in [-0.2, 0) is 6.54 Å². The van der Waals surface area contributed by atoms with Crippen molar-refractivity contribution in [1.82, 2.24) is 9.97 Å². The maximum Gasteiger partial charge on any atom is 0.354 e. The van der Waals surface area contributed by atoms with Crippen LogP contribution < -0.4 is 5.32 Å². The predicted octanol–water partition coefficient (Wildman–Crippen LogP) is 2.94. The fraction of sp³-hybridized carbons (Fsp3) is 0.0625. The molecule has 2 N–H and O–H groups in total. The number of rotatable bonds is 4. The minimum atomic E-state index is -1.02. The van der Waals surface area contributed by atoms with Crippen molar-refractivity contribution in [2.45, 2.75) is 6.54 Å². The third kappa shape index (κ3) is 2.97. The Kier molecular flexibility index (Phi) is 3.47. The van der Waals surface area contributed by atoms with Crippen LogP contribution in [0, 0.1) is 0 Å². The Labute approximate surface area is 121 Å². The van der Waals surface area contributed by atoms with Gasteiger partial charge >= 0.3 is 5.97 Å². The fourth-order valence-corrected chi connectivity index (χ4v) is 2.01. The van der Waals surface area contributed by atoms with Crippen LogP contribution in [0.5, 0.6) is 0 Å². The van der Waals surface area contributed by atoms with E-state index >= 15 is 0 Å². The van der Waals surface area contributed by atoms with Gasteiger partial charge < -0.3 is 10.4 Å². The number of anilines is 1. The molecule has 0 bridgehead atoms. The second kappa shape index (κ2) is 5.58. The zero-order chi connectivity index (χ0) is 14.7. The lowest BCUT2D eigenvalue weighted by Crippen LogP contribution is -2.04. The standard InChI is InChI=1S/C16H13N3O2/c20-16(21)14-7-5-11(9-17-14)10-18-15-8-6-12-3-1-2-4-13(12)19-15/h1-9H,10H2,(H,18,19)(H,20,21). The van der Waals surface area contributed by atoms with Gasteiger partial charge in [-0.25, -0.2) is 14.8 Å². The van der Waals surface area contributed by atoms with E-state index in [-0.39, 0.29) is 5.69 Å². The molecule has 5 heteroatoms. The Bertz CT molecular complexity index is 785. The molecule has 3 aromatic rings. The van der Waals surface area contributed by atoms with E-state index in [1.54, 1.807) is 12.3 Å². The highest BCUT2D eigenvalue weighted by Crippen LogP contribution is 2.15. The van der Waals surface area contributed by atoms with Crippen molar-refractivity contribution >= 4 is 22.7 Å². The lowest BCUT2D eigenvalue weighted by molar-refractivity contribution is 0.0690. The maximum atomic E-state index is 10.7. The molecule has 0 spiro atoms. The number of aromatic nitrogens is 2. The molecular formula is C16H13N3O2. The Balaban J connectivity index is 1.72. The van der Waals surface area contributed by atoms with Gasteiger partial charge in [0.15, 0.2) is 0 Å². The van der Waals surface area contributed by atoms with E-state index in [0.29, 0.717) is 6.54 Å². The van der Waals surface area contributed by atoms with Gasteiger partial charge in [0.1, 0.15) is 11.5 Å². The Morgan fingerprint density at radius 2 is 1.95 bits per heavy atom. The third-order valence-corrected chi connectivity index (χ3v) is 3.12. The number of carbonyl (C=O) groups is 1. The van der Waals surface area contributed by atoms with E-state index in [4.69, 9.17) is 5.11 Å². The highest BCUT2D eigenvalue weighted by molar-refractivity contribution is 5.85. The minimum Gasteiger partial charge on any atom is -0.477 e. The van der Waals surface area contributed by atoms with Crippen LogP contribution in [0.25, 0.3) is 10.9 Å². The van der Waals surface area contributed by atoms with Gasteiger partial charge in [0, 0.05) is 18.1 Å². The monoisotopic (exact) mass is 279 g/mol. The maximum absolute atomic E-state index is 10.7. The first-order valence-electron chi connectivity index (χ1n) is 6.50. The topological polar surface area (TPSA) is 75.1 Å². The summed E-state index contributed by atoms with van der Waals surface area (Å²) >= 11 is 0. The number of fused-ring (bicyclic) bond motifs is 1. The lowest BCUT2D eigenvalue weighted by atomic mass is 10.2. The minimum absolute atomic E-state index is 0.0441. The van der Waals surface area contributed by atoms with Gasteiger partial charge in [-0.1, -0.05) is 24.3 Å². The van der Waals surface area contributed by atoms with Gasteiger partial charge in [0.2, 0.25) is 0 Å². The van der Waals surface area contributed by atoms with E-state index in [1.807, 2.05) is 36.4 Å². The van der Waals surface area contributed by atoms with E-state index in [9.17, 15) is 4.79 Å². The number of hydrogen-bond acceptors (Lipinski definition) is 4. The van der Waals surface area contributed by atoms with Crippen molar-refractivity contribution in [2.75, 3.05) is 5.32 Å². The summed E-state index contributed by atoms with van der Waals surface area (Å²) in [6, 6.07) is 15.1. The van der Waals surface area contributed by atoms with Crippen molar-refractivity contribution in [3.05, 3.63) is 66.0 Å². The number of pyridine rings is 2. The van der Waals surface area contributed by atoms with Crippen molar-refractivity contribution in [1.29, 1.82) is 0 Å². The summed E-state index contributed by atoms with van der Waals surface area (Å²) in [5.41, 5.74) is 1.87. The van der Waals surface area contributed by atoms with Crippen molar-refractivity contribution in [3.8, 4) is 0 Å². The largest absolute Gasteiger partial charge is 0.477 e. The summed E-state index contributed by atoms with van der Waals surface area (Å²) < 4.78 is 0. The first-order valence-corrected chi connectivity index (χ1v) is 6.50. The van der Waals surface area contributed by atoms with Gasteiger partial charge in [-0.15, -0.1) is 0 Å². The molecule has 2 heterocycles. The summed E-state index contributed by atoms with van der Waals surface area (Å²) in [6.45, 7) is 0.540. The Hall–Kier alpha value is -2.95. The average molecular weight is 279 g/mol.